The number of alkyl carbamates (subject to hydrolysis) is 1. The molecule has 0 bridgehead atoms. The number of halogens is 1. The van der Waals surface area contributed by atoms with Crippen LogP contribution in [0.1, 0.15) is 48.5 Å². The summed E-state index contributed by atoms with van der Waals surface area (Å²) in [6.45, 7) is 12.4. The summed E-state index contributed by atoms with van der Waals surface area (Å²) < 4.78 is 56.1. The molecule has 0 unspecified atom stereocenters. The van der Waals surface area contributed by atoms with E-state index in [1.165, 1.54) is 12.1 Å². The van der Waals surface area contributed by atoms with E-state index in [-0.39, 0.29) is 23.3 Å². The topological polar surface area (TPSA) is 90.9 Å². The van der Waals surface area contributed by atoms with Crippen molar-refractivity contribution in [2.24, 2.45) is 0 Å². The van der Waals surface area contributed by atoms with Crippen LogP contribution in [-0.4, -0.2) is 50.7 Å². The zero-order valence-corrected chi connectivity index (χ0v) is 19.9. The highest BCUT2D eigenvalue weighted by Crippen LogP contribution is 2.36. The minimum Gasteiger partial charge on any atom is -0.444 e. The summed E-state index contributed by atoms with van der Waals surface area (Å²) in [5.41, 5.74) is -1.40. The highest BCUT2D eigenvalue weighted by molar-refractivity contribution is 7.91. The molecule has 1 saturated heterocycles. The molecule has 0 aromatic heterocycles. The normalized spacial score (nSPS) is 18.7. The van der Waals surface area contributed by atoms with Gasteiger partial charge >= 0.3 is 13.2 Å². The summed E-state index contributed by atoms with van der Waals surface area (Å²) in [6, 6.07) is 6.21. The Bertz CT molecular complexity index is 937. The van der Waals surface area contributed by atoms with Crippen molar-refractivity contribution in [3.8, 4) is 0 Å². The molecule has 1 aliphatic rings. The van der Waals surface area contributed by atoms with Crippen LogP contribution in [0.25, 0.3) is 0 Å². The quantitative estimate of drug-likeness (QED) is 0.663. The molecular weight excluding hydrogens is 424 g/mol. The lowest BCUT2D eigenvalue weighted by Crippen LogP contribution is -2.41. The third-order valence-corrected chi connectivity index (χ3v) is 6.85. The minimum atomic E-state index is -3.88. The Hall–Kier alpha value is -1.91. The van der Waals surface area contributed by atoms with Crippen LogP contribution in [0.2, 0.25) is 0 Å². The van der Waals surface area contributed by atoms with Gasteiger partial charge in [0.1, 0.15) is 5.60 Å². The van der Waals surface area contributed by atoms with Gasteiger partial charge in [-0.15, -0.1) is 0 Å². The van der Waals surface area contributed by atoms with E-state index < -0.39 is 45.6 Å². The average molecular weight is 455 g/mol. The van der Waals surface area contributed by atoms with E-state index in [0.717, 1.165) is 0 Å². The number of benzene rings is 1. The lowest BCUT2D eigenvalue weighted by molar-refractivity contribution is 0.00578. The van der Waals surface area contributed by atoms with Crippen LogP contribution >= 0.6 is 0 Å². The highest BCUT2D eigenvalue weighted by atomic mass is 32.2. The maximum absolute atomic E-state index is 13.3. The van der Waals surface area contributed by atoms with Crippen LogP contribution in [-0.2, 0) is 23.9 Å². The molecule has 0 radical (unpaired) electrons. The predicted octanol–water partition coefficient (Wildman–Crippen LogP) is 3.14. The molecule has 0 spiro atoms. The molecule has 1 aromatic rings. The Balaban J connectivity index is 2.12. The van der Waals surface area contributed by atoms with Gasteiger partial charge in [0, 0.05) is 6.54 Å². The number of carbonyl (C=O) groups excluding carboxylic acids is 1. The zero-order chi connectivity index (χ0) is 23.7. The summed E-state index contributed by atoms with van der Waals surface area (Å²) in [5, 5.41) is 2.36. The largest absolute Gasteiger partial charge is 0.494 e. The molecule has 10 heteroatoms. The molecule has 7 nitrogen and oxygen atoms in total. The van der Waals surface area contributed by atoms with Crippen molar-refractivity contribution >= 4 is 28.5 Å². The second-order valence-electron chi connectivity index (χ2n) is 9.54. The van der Waals surface area contributed by atoms with E-state index >= 15 is 0 Å². The first-order valence-electron chi connectivity index (χ1n) is 10.00. The standard InChI is InChI=1S/C21H31BFNO6S/c1-19(2,3)28-18(25)24-13-15(12-23)14-31(26,27)17-10-8-9-16(11-17)22-29-20(4,5)21(6,7)30-22/h8-12H,13-14H2,1-7H3,(H,24,25)/b15-12+. The van der Waals surface area contributed by atoms with Gasteiger partial charge in [-0.2, -0.15) is 0 Å². The number of carbonyl (C=O) groups is 1. The monoisotopic (exact) mass is 455 g/mol. The molecule has 1 amide bonds. The van der Waals surface area contributed by atoms with E-state index in [4.69, 9.17) is 14.0 Å². The third-order valence-electron chi connectivity index (χ3n) is 5.13. The number of sulfone groups is 1. The number of rotatable bonds is 6. The van der Waals surface area contributed by atoms with Crippen LogP contribution in [0.3, 0.4) is 0 Å². The van der Waals surface area contributed by atoms with Crippen LogP contribution < -0.4 is 10.8 Å². The molecule has 0 aliphatic carbocycles. The lowest BCUT2D eigenvalue weighted by Gasteiger charge is -2.32. The van der Waals surface area contributed by atoms with Gasteiger partial charge < -0.3 is 19.4 Å². The summed E-state index contributed by atoms with van der Waals surface area (Å²) in [6.07, 6.45) is -0.570. The maximum atomic E-state index is 13.3. The van der Waals surface area contributed by atoms with E-state index in [1.54, 1.807) is 32.9 Å². The lowest BCUT2D eigenvalue weighted by atomic mass is 9.79. The fourth-order valence-corrected chi connectivity index (χ4v) is 4.20. The van der Waals surface area contributed by atoms with Gasteiger partial charge in [0.05, 0.1) is 28.2 Å². The van der Waals surface area contributed by atoms with Gasteiger partial charge in [-0.05, 0) is 71.6 Å². The highest BCUT2D eigenvalue weighted by Gasteiger charge is 2.51. The van der Waals surface area contributed by atoms with Gasteiger partial charge in [-0.1, -0.05) is 12.1 Å². The SMILES string of the molecule is CC(C)(C)OC(=O)NC/C(=C\F)CS(=O)(=O)c1cccc(B2OC(C)(C)C(C)(C)O2)c1. The molecule has 0 saturated carbocycles. The van der Waals surface area contributed by atoms with E-state index in [9.17, 15) is 17.6 Å². The molecular formula is C21H31BFNO6S. The predicted molar refractivity (Wildman–Crippen MR) is 118 cm³/mol. The number of hydrogen-bond donors (Lipinski definition) is 1. The first-order chi connectivity index (χ1) is 14.1. The van der Waals surface area contributed by atoms with Crippen molar-refractivity contribution in [3.05, 3.63) is 36.2 Å². The van der Waals surface area contributed by atoms with Gasteiger partial charge in [-0.25, -0.2) is 17.6 Å². The summed E-state index contributed by atoms with van der Waals surface area (Å²) in [4.78, 5) is 11.8. The molecule has 0 atom stereocenters. The number of hydrogen-bond acceptors (Lipinski definition) is 6. The third kappa shape index (κ3) is 6.54. The molecule has 1 aliphatic heterocycles. The first kappa shape index (κ1) is 25.4. The molecule has 1 aromatic carbocycles. The van der Waals surface area contributed by atoms with Crippen LogP contribution in [0.15, 0.2) is 41.1 Å². The van der Waals surface area contributed by atoms with E-state index in [1.807, 2.05) is 27.7 Å². The number of ether oxygens (including phenoxy) is 1. The molecule has 172 valence electrons. The Labute approximate surface area is 184 Å². The molecule has 1 heterocycles. The van der Waals surface area contributed by atoms with Crippen molar-refractivity contribution in [3.63, 3.8) is 0 Å². The summed E-state index contributed by atoms with van der Waals surface area (Å²) in [5.74, 6) is -0.591. The number of amides is 1. The Morgan fingerprint density at radius 3 is 2.29 bits per heavy atom. The zero-order valence-electron chi connectivity index (χ0n) is 19.1. The molecule has 1 N–H and O–H groups in total. The average Bonchev–Trinajstić information content (AvgIpc) is 2.85. The number of nitrogens with one attached hydrogen (secondary N) is 1. The second-order valence-corrected chi connectivity index (χ2v) is 11.5. The first-order valence-corrected chi connectivity index (χ1v) is 11.6. The van der Waals surface area contributed by atoms with Crippen LogP contribution in [0.5, 0.6) is 0 Å². The molecule has 2 rings (SSSR count). The smallest absolute Gasteiger partial charge is 0.444 e. The van der Waals surface area contributed by atoms with Crippen LogP contribution in [0.4, 0.5) is 9.18 Å². The summed E-state index contributed by atoms with van der Waals surface area (Å²) in [7, 11) is -4.59. The van der Waals surface area contributed by atoms with Crippen molar-refractivity contribution in [1.29, 1.82) is 0 Å². The maximum Gasteiger partial charge on any atom is 0.494 e. The van der Waals surface area contributed by atoms with Crippen molar-refractivity contribution < 1.29 is 31.6 Å². The fourth-order valence-electron chi connectivity index (χ4n) is 2.78. The van der Waals surface area contributed by atoms with Crippen molar-refractivity contribution in [2.75, 3.05) is 12.3 Å². The Kier molecular flexibility index (Phi) is 7.29. The fraction of sp³-hybridized carbons (Fsp3) is 0.571. The van der Waals surface area contributed by atoms with E-state index in [2.05, 4.69) is 5.32 Å². The Morgan fingerprint density at radius 2 is 1.77 bits per heavy atom. The van der Waals surface area contributed by atoms with E-state index in [0.29, 0.717) is 5.46 Å². The minimum absolute atomic E-state index is 0.0105. The van der Waals surface area contributed by atoms with Gasteiger partial charge in [0.15, 0.2) is 9.84 Å². The van der Waals surface area contributed by atoms with Gasteiger partial charge in [-0.3, -0.25) is 0 Å². The molecule has 1 fully saturated rings. The van der Waals surface area contributed by atoms with Crippen molar-refractivity contribution in [1.82, 2.24) is 5.32 Å². The molecule has 31 heavy (non-hydrogen) atoms. The van der Waals surface area contributed by atoms with Crippen LogP contribution in [0, 0.1) is 0 Å². The second kappa shape index (κ2) is 8.92. The van der Waals surface area contributed by atoms with Gasteiger partial charge in [0.25, 0.3) is 0 Å². The van der Waals surface area contributed by atoms with Gasteiger partial charge in [0.2, 0.25) is 0 Å². The summed E-state index contributed by atoms with van der Waals surface area (Å²) >= 11 is 0. The Morgan fingerprint density at radius 1 is 1.19 bits per heavy atom. The van der Waals surface area contributed by atoms with Crippen molar-refractivity contribution in [2.45, 2.75) is 70.2 Å².